The second-order valence-corrected chi connectivity index (χ2v) is 4.52. The van der Waals surface area contributed by atoms with Gasteiger partial charge in [-0.25, -0.2) is 0 Å². The number of hydrogen-bond acceptors (Lipinski definition) is 4. The first-order valence-corrected chi connectivity index (χ1v) is 6.36. The van der Waals surface area contributed by atoms with Gasteiger partial charge in [-0.1, -0.05) is 12.1 Å². The highest BCUT2D eigenvalue weighted by molar-refractivity contribution is 5.26. The Bertz CT molecular complexity index is 366. The van der Waals surface area contributed by atoms with Crippen molar-refractivity contribution in [2.45, 2.75) is 38.2 Å². The third kappa shape index (κ3) is 3.02. The summed E-state index contributed by atoms with van der Waals surface area (Å²) in [6.45, 7) is 3.25. The molecule has 100 valence electrons. The van der Waals surface area contributed by atoms with Crippen molar-refractivity contribution in [1.82, 2.24) is 0 Å². The molecule has 1 saturated carbocycles. The van der Waals surface area contributed by atoms with Gasteiger partial charge >= 0.3 is 0 Å². The van der Waals surface area contributed by atoms with Crippen LogP contribution in [0, 0.1) is 0 Å². The minimum atomic E-state index is 0.0493. The van der Waals surface area contributed by atoms with E-state index in [4.69, 9.17) is 19.9 Å². The maximum absolute atomic E-state index is 5.88. The molecule has 0 aliphatic heterocycles. The first-order valence-electron chi connectivity index (χ1n) is 6.36. The average molecular weight is 251 g/mol. The molecule has 1 fully saturated rings. The Kier molecular flexibility index (Phi) is 4.58. The second-order valence-electron chi connectivity index (χ2n) is 4.52. The second kappa shape index (κ2) is 6.18. The van der Waals surface area contributed by atoms with Gasteiger partial charge in [0.25, 0.3) is 0 Å². The monoisotopic (exact) mass is 251 g/mol. The molecule has 4 heteroatoms. The van der Waals surface area contributed by atoms with Crippen LogP contribution in [0.1, 0.15) is 18.9 Å². The normalized spacial score (nSPS) is 26.7. The Morgan fingerprint density at radius 3 is 2.50 bits per heavy atom. The largest absolute Gasteiger partial charge is 0.497 e. The molecule has 0 aromatic heterocycles. The molecule has 2 N–H and O–H groups in total. The van der Waals surface area contributed by atoms with E-state index in [9.17, 15) is 0 Å². The van der Waals surface area contributed by atoms with E-state index >= 15 is 0 Å². The van der Waals surface area contributed by atoms with Crippen LogP contribution in [0.25, 0.3) is 0 Å². The lowest BCUT2D eigenvalue weighted by molar-refractivity contribution is -0.142. The molecule has 0 spiro atoms. The number of rotatable bonds is 6. The summed E-state index contributed by atoms with van der Waals surface area (Å²) in [6.07, 6.45) is 1.05. The van der Waals surface area contributed by atoms with Crippen LogP contribution in [0.5, 0.6) is 5.75 Å². The topological polar surface area (TPSA) is 53.7 Å². The molecule has 0 amide bonds. The van der Waals surface area contributed by atoms with E-state index < -0.39 is 0 Å². The molecule has 1 aliphatic carbocycles. The molecule has 2 rings (SSSR count). The summed E-state index contributed by atoms with van der Waals surface area (Å²) < 4.78 is 16.5. The van der Waals surface area contributed by atoms with Gasteiger partial charge in [0.05, 0.1) is 25.9 Å². The van der Waals surface area contributed by atoms with Crippen LogP contribution >= 0.6 is 0 Å². The van der Waals surface area contributed by atoms with Gasteiger partial charge in [0.15, 0.2) is 0 Å². The summed E-state index contributed by atoms with van der Waals surface area (Å²) in [5.74, 6) is 0.858. The van der Waals surface area contributed by atoms with Crippen molar-refractivity contribution in [3.05, 3.63) is 29.8 Å². The Balaban J connectivity index is 1.80. The number of hydrogen-bond donors (Lipinski definition) is 1. The highest BCUT2D eigenvalue weighted by atomic mass is 16.5. The average Bonchev–Trinajstić information content (AvgIpc) is 2.41. The summed E-state index contributed by atoms with van der Waals surface area (Å²) >= 11 is 0. The highest BCUT2D eigenvalue weighted by Gasteiger charge is 2.40. The lowest BCUT2D eigenvalue weighted by Gasteiger charge is -2.41. The molecule has 4 nitrogen and oxygen atoms in total. The molecule has 0 radical (unpaired) electrons. The van der Waals surface area contributed by atoms with Crippen LogP contribution in [0.15, 0.2) is 24.3 Å². The molecular weight excluding hydrogens is 230 g/mol. The van der Waals surface area contributed by atoms with Crippen molar-refractivity contribution in [1.29, 1.82) is 0 Å². The zero-order valence-corrected chi connectivity index (χ0v) is 11.0. The van der Waals surface area contributed by atoms with Gasteiger partial charge < -0.3 is 19.9 Å². The molecule has 0 bridgehead atoms. The molecule has 0 heterocycles. The fourth-order valence-electron chi connectivity index (χ4n) is 2.13. The van der Waals surface area contributed by atoms with E-state index in [0.717, 1.165) is 17.7 Å². The first kappa shape index (κ1) is 13.3. The number of benzene rings is 1. The van der Waals surface area contributed by atoms with Gasteiger partial charge in [-0.3, -0.25) is 0 Å². The van der Waals surface area contributed by atoms with Crippen LogP contribution in [0.4, 0.5) is 0 Å². The summed E-state index contributed by atoms with van der Waals surface area (Å²) in [5.41, 5.74) is 7.02. The van der Waals surface area contributed by atoms with Crippen LogP contribution < -0.4 is 10.5 Å². The summed E-state index contributed by atoms with van der Waals surface area (Å²) in [7, 11) is 1.66. The standard InChI is InChI=1S/C14H21NO3/c1-3-17-14-12(15)8-13(14)18-9-10-4-6-11(16-2)7-5-10/h4-7,12-14H,3,8-9,15H2,1-2H3. The fraction of sp³-hybridized carbons (Fsp3) is 0.571. The number of ether oxygens (including phenoxy) is 3. The first-order chi connectivity index (χ1) is 8.74. The van der Waals surface area contributed by atoms with Gasteiger partial charge in [0.1, 0.15) is 5.75 Å². The molecular formula is C14H21NO3. The van der Waals surface area contributed by atoms with Gasteiger partial charge in [-0.05, 0) is 31.0 Å². The summed E-state index contributed by atoms with van der Waals surface area (Å²) in [4.78, 5) is 0. The maximum atomic E-state index is 5.88. The lowest BCUT2D eigenvalue weighted by atomic mass is 9.86. The molecule has 3 atom stereocenters. The van der Waals surface area contributed by atoms with Crippen molar-refractivity contribution in [2.24, 2.45) is 5.73 Å². The van der Waals surface area contributed by atoms with E-state index in [1.807, 2.05) is 31.2 Å². The molecule has 1 aromatic carbocycles. The van der Waals surface area contributed by atoms with Crippen molar-refractivity contribution in [2.75, 3.05) is 13.7 Å². The Morgan fingerprint density at radius 1 is 1.22 bits per heavy atom. The number of nitrogens with two attached hydrogens (primary N) is 1. The van der Waals surface area contributed by atoms with Crippen molar-refractivity contribution < 1.29 is 14.2 Å². The minimum Gasteiger partial charge on any atom is -0.497 e. The maximum Gasteiger partial charge on any atom is 0.118 e. The molecule has 18 heavy (non-hydrogen) atoms. The van der Waals surface area contributed by atoms with E-state index in [-0.39, 0.29) is 18.2 Å². The third-order valence-corrected chi connectivity index (χ3v) is 3.28. The van der Waals surface area contributed by atoms with Crippen LogP contribution in [0.2, 0.25) is 0 Å². The molecule has 3 unspecified atom stereocenters. The van der Waals surface area contributed by atoms with Crippen LogP contribution in [-0.2, 0) is 16.1 Å². The smallest absolute Gasteiger partial charge is 0.118 e. The fourth-order valence-corrected chi connectivity index (χ4v) is 2.13. The molecule has 0 saturated heterocycles. The molecule has 1 aliphatic rings. The lowest BCUT2D eigenvalue weighted by Crippen LogP contribution is -2.58. The van der Waals surface area contributed by atoms with Crippen molar-refractivity contribution >= 4 is 0 Å². The van der Waals surface area contributed by atoms with Gasteiger partial charge in [0, 0.05) is 12.6 Å². The zero-order valence-electron chi connectivity index (χ0n) is 11.0. The van der Waals surface area contributed by atoms with Crippen LogP contribution in [-0.4, -0.2) is 32.0 Å². The predicted octanol–water partition coefficient (Wildman–Crippen LogP) is 1.72. The SMILES string of the molecule is CCOC1C(N)CC1OCc1ccc(OC)cc1. The van der Waals surface area contributed by atoms with E-state index in [1.165, 1.54) is 0 Å². The van der Waals surface area contributed by atoms with Crippen molar-refractivity contribution in [3.63, 3.8) is 0 Å². The Hall–Kier alpha value is -1.10. The van der Waals surface area contributed by atoms with Gasteiger partial charge in [-0.2, -0.15) is 0 Å². The van der Waals surface area contributed by atoms with Gasteiger partial charge in [0.2, 0.25) is 0 Å². The number of methoxy groups -OCH3 is 1. The Morgan fingerprint density at radius 2 is 1.94 bits per heavy atom. The summed E-state index contributed by atoms with van der Waals surface area (Å²) in [5, 5.41) is 0. The van der Waals surface area contributed by atoms with E-state index in [1.54, 1.807) is 7.11 Å². The predicted molar refractivity (Wildman–Crippen MR) is 69.6 cm³/mol. The minimum absolute atomic E-state index is 0.0493. The third-order valence-electron chi connectivity index (χ3n) is 3.28. The van der Waals surface area contributed by atoms with E-state index in [0.29, 0.717) is 13.2 Å². The summed E-state index contributed by atoms with van der Waals surface area (Å²) in [6, 6.07) is 8.00. The van der Waals surface area contributed by atoms with Crippen molar-refractivity contribution in [3.8, 4) is 5.75 Å². The van der Waals surface area contributed by atoms with Crippen LogP contribution in [0.3, 0.4) is 0 Å². The molecule has 1 aromatic rings. The zero-order chi connectivity index (χ0) is 13.0. The van der Waals surface area contributed by atoms with E-state index in [2.05, 4.69) is 0 Å². The highest BCUT2D eigenvalue weighted by Crippen LogP contribution is 2.26. The quantitative estimate of drug-likeness (QED) is 0.836. The van der Waals surface area contributed by atoms with Gasteiger partial charge in [-0.15, -0.1) is 0 Å². The Labute approximate surface area is 108 Å².